The van der Waals surface area contributed by atoms with E-state index in [1.165, 1.54) is 21.3 Å². The third-order valence-corrected chi connectivity index (χ3v) is 8.52. The Morgan fingerprint density at radius 1 is 0.482 bits per heavy atom. The van der Waals surface area contributed by atoms with E-state index in [2.05, 4.69) is 31.9 Å². The van der Waals surface area contributed by atoms with Crippen LogP contribution in [0.4, 0.5) is 22.7 Å². The Morgan fingerprint density at radius 2 is 0.768 bits per heavy atom. The minimum Gasteiger partial charge on any atom is -0.351 e. The fraction of sp³-hybridized carbons (Fsp3) is 0.368. The van der Waals surface area contributed by atoms with Gasteiger partial charge in [0.2, 0.25) is 11.8 Å². The highest BCUT2D eigenvalue weighted by molar-refractivity contribution is 6.09. The molecule has 18 heteroatoms. The molecule has 4 heterocycles. The lowest BCUT2D eigenvalue weighted by molar-refractivity contribution is -0.114. The van der Waals surface area contributed by atoms with Crippen LogP contribution in [0.2, 0.25) is 0 Å². The van der Waals surface area contributed by atoms with Crippen molar-refractivity contribution in [2.45, 2.75) is 12.8 Å². The molecule has 4 aromatic rings. The van der Waals surface area contributed by atoms with Crippen LogP contribution in [0.3, 0.4) is 0 Å². The van der Waals surface area contributed by atoms with Crippen LogP contribution in [-0.4, -0.2) is 118 Å². The summed E-state index contributed by atoms with van der Waals surface area (Å²) in [4.78, 5) is 80.8. The summed E-state index contributed by atoms with van der Waals surface area (Å²) < 4.78 is 6.33. The molecular weight excluding hydrogens is 720 g/mol. The summed E-state index contributed by atoms with van der Waals surface area (Å²) in [5.74, 6) is -2.63. The summed E-state index contributed by atoms with van der Waals surface area (Å²) in [6, 6.07) is 6.14. The molecule has 56 heavy (non-hydrogen) atoms. The number of anilines is 4. The summed E-state index contributed by atoms with van der Waals surface area (Å²) in [7, 11) is 14.6. The van der Waals surface area contributed by atoms with Crippen molar-refractivity contribution >= 4 is 58.2 Å². The van der Waals surface area contributed by atoms with Crippen molar-refractivity contribution in [1.29, 1.82) is 0 Å². The van der Waals surface area contributed by atoms with Gasteiger partial charge in [-0.1, -0.05) is 0 Å². The van der Waals surface area contributed by atoms with Gasteiger partial charge in [0.15, 0.2) is 0 Å². The molecule has 4 aromatic heterocycles. The SMILES string of the molecule is CN(C)CCCNC(=O)c1cc(NC(=O)c2cc(NC(=O)/C=C/C(=O)Nc3cc(C(=O)Nc4cc(C(=O)NCCCN(C)C)n(C)c4)n(C)c3)cn2C)cn1C. The van der Waals surface area contributed by atoms with E-state index < -0.39 is 23.6 Å². The van der Waals surface area contributed by atoms with Gasteiger partial charge in [-0.2, -0.15) is 0 Å². The van der Waals surface area contributed by atoms with Gasteiger partial charge in [0.05, 0.1) is 22.7 Å². The van der Waals surface area contributed by atoms with Gasteiger partial charge in [-0.25, -0.2) is 0 Å². The molecule has 0 unspecified atom stereocenters. The lowest BCUT2D eigenvalue weighted by Crippen LogP contribution is -2.28. The summed E-state index contributed by atoms with van der Waals surface area (Å²) >= 11 is 0. The molecule has 0 fully saturated rings. The molecule has 0 aliphatic carbocycles. The largest absolute Gasteiger partial charge is 0.351 e. The average Bonchev–Trinajstić information content (AvgIpc) is 3.88. The van der Waals surface area contributed by atoms with Crippen LogP contribution in [0.1, 0.15) is 54.8 Å². The molecule has 0 saturated heterocycles. The fourth-order valence-corrected chi connectivity index (χ4v) is 5.72. The van der Waals surface area contributed by atoms with Crippen molar-refractivity contribution < 1.29 is 28.8 Å². The van der Waals surface area contributed by atoms with Gasteiger partial charge in [-0.15, -0.1) is 0 Å². The minimum atomic E-state index is -0.611. The molecule has 0 aliphatic heterocycles. The molecule has 0 atom stereocenters. The maximum Gasteiger partial charge on any atom is 0.272 e. The van der Waals surface area contributed by atoms with E-state index in [0.717, 1.165) is 38.1 Å². The van der Waals surface area contributed by atoms with Crippen LogP contribution >= 0.6 is 0 Å². The standard InChI is InChI=1S/C38H52N12O6/c1-45(2)15-9-13-39-35(53)29-19-27(23-47(29)5)43-37(55)31-17-25(21-49(31)7)41-33(51)11-12-34(52)42-26-18-32(50(8)22-26)38(56)44-28-20-30(48(6)24-28)36(54)40-14-10-16-46(3)4/h11-12,17-24H,9-10,13-16H2,1-8H3,(H,39,53)(H,40,54)(H,41,51)(H,42,52)(H,43,55)(H,44,56)/b12-11+. The van der Waals surface area contributed by atoms with E-state index in [1.807, 2.05) is 38.0 Å². The number of amides is 6. The van der Waals surface area contributed by atoms with Crippen LogP contribution < -0.4 is 31.9 Å². The third kappa shape index (κ3) is 12.1. The highest BCUT2D eigenvalue weighted by Gasteiger charge is 2.19. The van der Waals surface area contributed by atoms with Crippen LogP contribution in [0.25, 0.3) is 0 Å². The normalized spacial score (nSPS) is 11.2. The summed E-state index contributed by atoms with van der Waals surface area (Å²) in [6.07, 6.45) is 10.1. The van der Waals surface area contributed by atoms with Gasteiger partial charge in [-0.05, 0) is 78.4 Å². The van der Waals surface area contributed by atoms with Crippen molar-refractivity contribution in [1.82, 2.24) is 38.7 Å². The van der Waals surface area contributed by atoms with Crippen LogP contribution in [0.5, 0.6) is 0 Å². The maximum atomic E-state index is 13.1. The zero-order chi connectivity index (χ0) is 41.1. The van der Waals surface area contributed by atoms with Gasteiger partial charge in [0, 0.05) is 78.2 Å². The molecular formula is C38H52N12O6. The first kappa shape index (κ1) is 42.3. The van der Waals surface area contributed by atoms with Crippen molar-refractivity contribution in [3.8, 4) is 0 Å². The van der Waals surface area contributed by atoms with E-state index in [9.17, 15) is 28.8 Å². The predicted octanol–water partition coefficient (Wildman–Crippen LogP) is 2.04. The first-order chi connectivity index (χ1) is 26.5. The fourth-order valence-electron chi connectivity index (χ4n) is 5.72. The number of hydrogen-bond acceptors (Lipinski definition) is 8. The summed E-state index contributed by atoms with van der Waals surface area (Å²) in [5.41, 5.74) is 2.78. The smallest absolute Gasteiger partial charge is 0.272 e. The Bertz CT molecular complexity index is 1950. The third-order valence-electron chi connectivity index (χ3n) is 8.52. The van der Waals surface area contributed by atoms with Crippen LogP contribution in [0.15, 0.2) is 61.2 Å². The number of hydrogen-bond donors (Lipinski definition) is 6. The zero-order valence-electron chi connectivity index (χ0n) is 33.1. The number of carbonyl (C=O) groups is 6. The molecule has 0 spiro atoms. The monoisotopic (exact) mass is 772 g/mol. The second-order valence-electron chi connectivity index (χ2n) is 13.9. The molecule has 0 aromatic carbocycles. The number of aryl methyl sites for hydroxylation is 4. The van der Waals surface area contributed by atoms with E-state index >= 15 is 0 Å². The van der Waals surface area contributed by atoms with Gasteiger partial charge in [0.1, 0.15) is 22.8 Å². The highest BCUT2D eigenvalue weighted by atomic mass is 16.2. The number of carbonyl (C=O) groups excluding carboxylic acids is 6. The molecule has 0 aliphatic rings. The Balaban J connectivity index is 1.27. The number of aromatic nitrogens is 4. The number of rotatable bonds is 18. The van der Waals surface area contributed by atoms with Crippen molar-refractivity contribution in [3.05, 3.63) is 84.0 Å². The number of nitrogens with one attached hydrogen (secondary N) is 6. The second-order valence-corrected chi connectivity index (χ2v) is 13.9. The van der Waals surface area contributed by atoms with Gasteiger partial charge < -0.3 is 60.0 Å². The lowest BCUT2D eigenvalue weighted by Gasteiger charge is -2.10. The first-order valence-corrected chi connectivity index (χ1v) is 17.9. The molecule has 0 radical (unpaired) electrons. The molecule has 300 valence electrons. The van der Waals surface area contributed by atoms with E-state index in [4.69, 9.17) is 0 Å². The quantitative estimate of drug-likeness (QED) is 0.0652. The second kappa shape index (κ2) is 19.3. The minimum absolute atomic E-state index is 0.244. The Kier molecular flexibility index (Phi) is 14.6. The van der Waals surface area contributed by atoms with Crippen molar-refractivity contribution in [2.24, 2.45) is 28.2 Å². The Hall–Kier alpha value is -6.40. The summed E-state index contributed by atoms with van der Waals surface area (Å²) in [6.45, 7) is 2.74. The van der Waals surface area contributed by atoms with Crippen LogP contribution in [0, 0.1) is 0 Å². The zero-order valence-corrected chi connectivity index (χ0v) is 33.1. The maximum absolute atomic E-state index is 13.1. The van der Waals surface area contributed by atoms with Crippen molar-refractivity contribution in [2.75, 3.05) is 75.6 Å². The first-order valence-electron chi connectivity index (χ1n) is 17.9. The molecule has 4 rings (SSSR count). The van der Waals surface area contributed by atoms with Crippen molar-refractivity contribution in [3.63, 3.8) is 0 Å². The van der Waals surface area contributed by atoms with E-state index in [-0.39, 0.29) is 23.2 Å². The Labute approximate surface area is 325 Å². The van der Waals surface area contributed by atoms with Crippen LogP contribution in [-0.2, 0) is 37.8 Å². The van der Waals surface area contributed by atoms with Gasteiger partial charge in [-0.3, -0.25) is 28.8 Å². The molecule has 18 nitrogen and oxygen atoms in total. The molecule has 6 amide bonds. The summed E-state index contributed by atoms with van der Waals surface area (Å²) in [5, 5.41) is 16.6. The average molecular weight is 773 g/mol. The lowest BCUT2D eigenvalue weighted by atomic mass is 10.3. The van der Waals surface area contributed by atoms with E-state index in [1.54, 1.807) is 74.2 Å². The molecule has 6 N–H and O–H groups in total. The topological polar surface area (TPSA) is 201 Å². The predicted molar refractivity (Wildman–Crippen MR) is 215 cm³/mol. The van der Waals surface area contributed by atoms with Gasteiger partial charge >= 0.3 is 0 Å². The number of nitrogens with zero attached hydrogens (tertiary/aromatic N) is 6. The molecule has 0 bridgehead atoms. The molecule has 0 saturated carbocycles. The van der Waals surface area contributed by atoms with Gasteiger partial charge in [0.25, 0.3) is 23.6 Å². The highest BCUT2D eigenvalue weighted by Crippen LogP contribution is 2.19. The Morgan fingerprint density at radius 3 is 1.07 bits per heavy atom. The van der Waals surface area contributed by atoms with E-state index in [0.29, 0.717) is 47.2 Å².